The molecule has 0 aliphatic heterocycles. The average Bonchev–Trinajstić information content (AvgIpc) is 2.14. The van der Waals surface area contributed by atoms with Gasteiger partial charge in [-0.1, -0.05) is 12.1 Å². The molecule has 1 aromatic rings. The Kier molecular flexibility index (Phi) is 3.08. The zero-order valence-corrected chi connectivity index (χ0v) is 7.36. The van der Waals surface area contributed by atoms with Gasteiger partial charge in [0, 0.05) is 6.08 Å². The molecule has 0 radical (unpaired) electrons. The summed E-state index contributed by atoms with van der Waals surface area (Å²) in [4.78, 5) is 9.25. The maximum absolute atomic E-state index is 12.1. The first kappa shape index (κ1) is 11.2. The predicted octanol–water partition coefficient (Wildman–Crippen LogP) is 2.95. The van der Waals surface area contributed by atoms with Crippen LogP contribution in [0.25, 0.3) is 6.08 Å². The zero-order chi connectivity index (χ0) is 11.5. The van der Waals surface area contributed by atoms with Crippen LogP contribution in [0.4, 0.5) is 13.2 Å². The minimum absolute atomic E-state index is 0.347. The van der Waals surface area contributed by atoms with Gasteiger partial charge in [0.1, 0.15) is 0 Å². The molecular weight excluding hydrogens is 211 g/mol. The summed E-state index contributed by atoms with van der Waals surface area (Å²) in [7, 11) is 0. The molecule has 1 aromatic carbocycles. The summed E-state index contributed by atoms with van der Waals surface area (Å²) in [5, 5.41) is 9.94. The SMILES string of the molecule is O=[N+]([O-])/C=C/c1ccc(C(F)(F)F)cc1. The first-order chi connectivity index (χ1) is 6.89. The van der Waals surface area contributed by atoms with Crippen LogP contribution in [0.15, 0.2) is 30.5 Å². The highest BCUT2D eigenvalue weighted by molar-refractivity contribution is 5.48. The van der Waals surface area contributed by atoms with Gasteiger partial charge in [0.2, 0.25) is 6.20 Å². The Bertz CT molecular complexity index is 381. The van der Waals surface area contributed by atoms with Crippen molar-refractivity contribution in [2.45, 2.75) is 6.18 Å². The van der Waals surface area contributed by atoms with Gasteiger partial charge in [-0.25, -0.2) is 0 Å². The molecule has 0 aliphatic rings. The number of hydrogen-bond donors (Lipinski definition) is 0. The summed E-state index contributed by atoms with van der Waals surface area (Å²) >= 11 is 0. The van der Waals surface area contributed by atoms with E-state index in [2.05, 4.69) is 0 Å². The smallest absolute Gasteiger partial charge is 0.259 e. The Hall–Kier alpha value is -1.85. The van der Waals surface area contributed by atoms with Crippen molar-refractivity contribution in [3.63, 3.8) is 0 Å². The molecule has 0 unspecified atom stereocenters. The number of halogens is 3. The summed E-state index contributed by atoms with van der Waals surface area (Å²) in [5.41, 5.74) is -0.430. The van der Waals surface area contributed by atoms with Crippen molar-refractivity contribution in [1.82, 2.24) is 0 Å². The van der Waals surface area contributed by atoms with E-state index in [0.29, 0.717) is 11.8 Å². The number of nitro groups is 1. The first-order valence-corrected chi connectivity index (χ1v) is 3.88. The summed E-state index contributed by atoms with van der Waals surface area (Å²) in [6.45, 7) is 0. The molecule has 0 amide bonds. The van der Waals surface area contributed by atoms with Gasteiger partial charge in [0.05, 0.1) is 10.5 Å². The van der Waals surface area contributed by atoms with E-state index >= 15 is 0 Å². The van der Waals surface area contributed by atoms with Gasteiger partial charge in [-0.2, -0.15) is 13.2 Å². The van der Waals surface area contributed by atoms with Crippen molar-refractivity contribution in [3.05, 3.63) is 51.7 Å². The van der Waals surface area contributed by atoms with Crippen LogP contribution < -0.4 is 0 Å². The van der Waals surface area contributed by atoms with Crippen LogP contribution in [-0.2, 0) is 6.18 Å². The topological polar surface area (TPSA) is 43.1 Å². The van der Waals surface area contributed by atoms with Crippen molar-refractivity contribution in [2.24, 2.45) is 0 Å². The van der Waals surface area contributed by atoms with Crippen molar-refractivity contribution in [2.75, 3.05) is 0 Å². The Morgan fingerprint density at radius 1 is 1.20 bits per heavy atom. The van der Waals surface area contributed by atoms with Crippen LogP contribution in [0.5, 0.6) is 0 Å². The van der Waals surface area contributed by atoms with Gasteiger partial charge >= 0.3 is 6.18 Å². The quantitative estimate of drug-likeness (QED) is 0.564. The Morgan fingerprint density at radius 3 is 2.13 bits per heavy atom. The van der Waals surface area contributed by atoms with Gasteiger partial charge < -0.3 is 0 Å². The molecule has 0 saturated carbocycles. The third-order valence-corrected chi connectivity index (χ3v) is 1.63. The number of hydrogen-bond acceptors (Lipinski definition) is 2. The van der Waals surface area contributed by atoms with Crippen molar-refractivity contribution >= 4 is 6.08 Å². The summed E-state index contributed by atoms with van der Waals surface area (Å²) in [5.74, 6) is 0. The largest absolute Gasteiger partial charge is 0.416 e. The van der Waals surface area contributed by atoms with Gasteiger partial charge in [0.15, 0.2) is 0 Å². The summed E-state index contributed by atoms with van der Waals surface area (Å²) < 4.78 is 36.3. The van der Waals surface area contributed by atoms with Crippen LogP contribution in [0.2, 0.25) is 0 Å². The Morgan fingerprint density at radius 2 is 1.73 bits per heavy atom. The van der Waals surface area contributed by atoms with Crippen molar-refractivity contribution in [1.29, 1.82) is 0 Å². The second kappa shape index (κ2) is 4.12. The van der Waals surface area contributed by atoms with E-state index in [1.807, 2.05) is 0 Å². The molecule has 0 atom stereocenters. The third kappa shape index (κ3) is 3.41. The van der Waals surface area contributed by atoms with Crippen molar-refractivity contribution in [3.8, 4) is 0 Å². The molecule has 80 valence electrons. The van der Waals surface area contributed by atoms with Crippen LogP contribution in [-0.4, -0.2) is 4.92 Å². The normalized spacial score (nSPS) is 11.9. The van der Waals surface area contributed by atoms with Crippen LogP contribution in [0, 0.1) is 10.1 Å². The summed E-state index contributed by atoms with van der Waals surface area (Å²) in [6.07, 6.45) is -2.59. The lowest BCUT2D eigenvalue weighted by molar-refractivity contribution is -0.400. The minimum Gasteiger partial charge on any atom is -0.259 e. The van der Waals surface area contributed by atoms with Crippen LogP contribution in [0.1, 0.15) is 11.1 Å². The molecule has 0 bridgehead atoms. The molecule has 6 heteroatoms. The molecule has 0 saturated heterocycles. The van der Waals surface area contributed by atoms with E-state index in [0.717, 1.165) is 18.2 Å². The molecule has 0 N–H and O–H groups in total. The van der Waals surface area contributed by atoms with E-state index in [-0.39, 0.29) is 0 Å². The van der Waals surface area contributed by atoms with E-state index in [9.17, 15) is 23.3 Å². The maximum atomic E-state index is 12.1. The second-order valence-corrected chi connectivity index (χ2v) is 2.72. The van der Waals surface area contributed by atoms with E-state index in [1.54, 1.807) is 0 Å². The molecular formula is C9H6F3NO2. The highest BCUT2D eigenvalue weighted by atomic mass is 19.4. The van der Waals surface area contributed by atoms with Crippen LogP contribution in [0.3, 0.4) is 0 Å². The molecule has 15 heavy (non-hydrogen) atoms. The maximum Gasteiger partial charge on any atom is 0.416 e. The Balaban J connectivity index is 2.86. The van der Waals surface area contributed by atoms with Gasteiger partial charge in [-0.3, -0.25) is 10.1 Å². The van der Waals surface area contributed by atoms with Crippen LogP contribution >= 0.6 is 0 Å². The van der Waals surface area contributed by atoms with E-state index in [1.165, 1.54) is 12.1 Å². The second-order valence-electron chi connectivity index (χ2n) is 2.72. The number of benzene rings is 1. The highest BCUT2D eigenvalue weighted by Gasteiger charge is 2.29. The number of nitrogens with zero attached hydrogens (tertiary/aromatic N) is 1. The molecule has 3 nitrogen and oxygen atoms in total. The fourth-order valence-electron chi connectivity index (χ4n) is 0.930. The van der Waals surface area contributed by atoms with Gasteiger partial charge in [0.25, 0.3) is 0 Å². The molecule has 1 rings (SSSR count). The lowest BCUT2D eigenvalue weighted by Crippen LogP contribution is -2.03. The number of rotatable bonds is 2. The minimum atomic E-state index is -4.38. The third-order valence-electron chi connectivity index (χ3n) is 1.63. The zero-order valence-electron chi connectivity index (χ0n) is 7.36. The molecule has 0 fully saturated rings. The lowest BCUT2D eigenvalue weighted by Gasteiger charge is -2.05. The average molecular weight is 217 g/mol. The van der Waals surface area contributed by atoms with Gasteiger partial charge in [-0.15, -0.1) is 0 Å². The van der Waals surface area contributed by atoms with E-state index in [4.69, 9.17) is 0 Å². The Labute approximate surface area is 83.0 Å². The first-order valence-electron chi connectivity index (χ1n) is 3.88. The molecule has 0 heterocycles. The standard InChI is InChI=1S/C9H6F3NO2/c10-9(11,12)8-3-1-7(2-4-8)5-6-13(14)15/h1-6H/b6-5+. The van der Waals surface area contributed by atoms with Crippen molar-refractivity contribution < 1.29 is 18.1 Å². The monoisotopic (exact) mass is 217 g/mol. The molecule has 0 aliphatic carbocycles. The molecule has 0 aromatic heterocycles. The van der Waals surface area contributed by atoms with E-state index < -0.39 is 16.7 Å². The fourth-order valence-corrected chi connectivity index (χ4v) is 0.930. The highest BCUT2D eigenvalue weighted by Crippen LogP contribution is 2.29. The summed E-state index contributed by atoms with van der Waals surface area (Å²) in [6, 6.07) is 4.09. The predicted molar refractivity (Wildman–Crippen MR) is 47.5 cm³/mol. The number of alkyl halides is 3. The molecule has 0 spiro atoms. The van der Waals surface area contributed by atoms with Gasteiger partial charge in [-0.05, 0) is 17.7 Å². The fraction of sp³-hybridized carbons (Fsp3) is 0.111. The lowest BCUT2D eigenvalue weighted by atomic mass is 10.1.